The van der Waals surface area contributed by atoms with Gasteiger partial charge in [-0.25, -0.2) is 13.1 Å². The lowest BCUT2D eigenvalue weighted by Crippen LogP contribution is -2.33. The van der Waals surface area contributed by atoms with E-state index in [4.69, 9.17) is 0 Å². The molecule has 1 amide bonds. The summed E-state index contributed by atoms with van der Waals surface area (Å²) in [6, 6.07) is 1.28. The van der Waals surface area contributed by atoms with Gasteiger partial charge in [-0.3, -0.25) is 9.59 Å². The summed E-state index contributed by atoms with van der Waals surface area (Å²) in [6.07, 6.45) is 1.70. The van der Waals surface area contributed by atoms with Crippen LogP contribution in [0.15, 0.2) is 17.2 Å². The number of rotatable bonds is 8. The second kappa shape index (κ2) is 7.80. The van der Waals surface area contributed by atoms with Gasteiger partial charge in [-0.15, -0.1) is 0 Å². The fourth-order valence-electron chi connectivity index (χ4n) is 2.26. The van der Waals surface area contributed by atoms with Crippen molar-refractivity contribution in [2.75, 3.05) is 20.6 Å². The van der Waals surface area contributed by atoms with Crippen molar-refractivity contribution in [2.24, 2.45) is 18.9 Å². The van der Waals surface area contributed by atoms with E-state index in [-0.39, 0.29) is 29.0 Å². The van der Waals surface area contributed by atoms with E-state index in [0.29, 0.717) is 6.42 Å². The number of sulfonamides is 1. The monoisotopic (exact) mass is 359 g/mol. The molecule has 0 aliphatic heterocycles. The molecular weight excluding hydrogens is 334 g/mol. The van der Waals surface area contributed by atoms with Gasteiger partial charge in [0, 0.05) is 33.9 Å². The van der Waals surface area contributed by atoms with Crippen LogP contribution < -0.4 is 4.72 Å². The third-order valence-electron chi connectivity index (χ3n) is 3.54. The minimum atomic E-state index is -3.89. The fourth-order valence-corrected chi connectivity index (χ4v) is 3.41. The highest BCUT2D eigenvalue weighted by Gasteiger charge is 2.25. The average Bonchev–Trinajstić information content (AvgIpc) is 2.84. The SMILES string of the molecule is CC(C)CC(CNS(=O)(=O)c1cc(C(=O)N(C)C)n(C)c1)C(=O)O. The highest BCUT2D eigenvalue weighted by atomic mass is 32.2. The molecule has 0 aliphatic carbocycles. The third kappa shape index (κ3) is 5.07. The normalized spacial score (nSPS) is 13.1. The van der Waals surface area contributed by atoms with Crippen molar-refractivity contribution in [1.82, 2.24) is 14.2 Å². The first kappa shape index (κ1) is 20.2. The summed E-state index contributed by atoms with van der Waals surface area (Å²) >= 11 is 0. The number of nitrogens with zero attached hydrogens (tertiary/aromatic N) is 2. The van der Waals surface area contributed by atoms with Crippen LogP contribution in [0.1, 0.15) is 30.8 Å². The van der Waals surface area contributed by atoms with Crippen molar-refractivity contribution in [3.63, 3.8) is 0 Å². The smallest absolute Gasteiger partial charge is 0.307 e. The van der Waals surface area contributed by atoms with Gasteiger partial charge in [-0.05, 0) is 18.4 Å². The number of carboxylic acid groups (broad SMARTS) is 1. The maximum Gasteiger partial charge on any atom is 0.307 e. The Morgan fingerprint density at radius 3 is 2.38 bits per heavy atom. The molecule has 2 N–H and O–H groups in total. The number of aryl methyl sites for hydroxylation is 1. The Kier molecular flexibility index (Phi) is 6.56. The van der Waals surface area contributed by atoms with Crippen LogP contribution in [0.5, 0.6) is 0 Å². The van der Waals surface area contributed by atoms with Crippen LogP contribution in [-0.2, 0) is 21.9 Å². The Balaban J connectivity index is 2.95. The molecule has 8 nitrogen and oxygen atoms in total. The summed E-state index contributed by atoms with van der Waals surface area (Å²) in [5, 5.41) is 9.18. The standard InChI is InChI=1S/C15H25N3O5S/c1-10(2)6-11(15(20)21)8-16-24(22,23)12-7-13(18(5)9-12)14(19)17(3)4/h7,9-11,16H,6,8H2,1-5H3,(H,20,21). The lowest BCUT2D eigenvalue weighted by atomic mass is 9.98. The van der Waals surface area contributed by atoms with Crippen molar-refractivity contribution in [1.29, 1.82) is 0 Å². The van der Waals surface area contributed by atoms with E-state index in [0.717, 1.165) is 0 Å². The minimum Gasteiger partial charge on any atom is -0.481 e. The average molecular weight is 359 g/mol. The zero-order chi connectivity index (χ0) is 18.7. The number of nitrogens with one attached hydrogen (secondary N) is 1. The highest BCUT2D eigenvalue weighted by Crippen LogP contribution is 2.16. The summed E-state index contributed by atoms with van der Waals surface area (Å²) in [7, 11) is 0.837. The van der Waals surface area contributed by atoms with Gasteiger partial charge < -0.3 is 14.6 Å². The number of aliphatic carboxylic acids is 1. The van der Waals surface area contributed by atoms with Crippen LogP contribution in [-0.4, -0.2) is 55.5 Å². The predicted octanol–water partition coefficient (Wildman–Crippen LogP) is 0.752. The minimum absolute atomic E-state index is 0.0658. The number of carboxylic acids is 1. The van der Waals surface area contributed by atoms with Crippen LogP contribution in [0, 0.1) is 11.8 Å². The second-order valence-corrected chi connectivity index (χ2v) is 8.16. The second-order valence-electron chi connectivity index (χ2n) is 6.39. The molecule has 9 heteroatoms. The van der Waals surface area contributed by atoms with Gasteiger partial charge in [0.2, 0.25) is 10.0 Å². The molecule has 0 saturated heterocycles. The molecule has 0 spiro atoms. The van der Waals surface area contributed by atoms with Gasteiger partial charge in [-0.1, -0.05) is 13.8 Å². The summed E-state index contributed by atoms with van der Waals surface area (Å²) in [5.74, 6) is -2.02. The van der Waals surface area contributed by atoms with Crippen molar-refractivity contribution in [2.45, 2.75) is 25.2 Å². The molecule has 24 heavy (non-hydrogen) atoms. The van der Waals surface area contributed by atoms with Crippen LogP contribution in [0.25, 0.3) is 0 Å². The van der Waals surface area contributed by atoms with Crippen molar-refractivity contribution in [3.05, 3.63) is 18.0 Å². The number of aromatic nitrogens is 1. The Bertz CT molecular complexity index is 707. The third-order valence-corrected chi connectivity index (χ3v) is 4.93. The van der Waals surface area contributed by atoms with E-state index in [2.05, 4.69) is 4.72 Å². The van der Waals surface area contributed by atoms with E-state index in [1.54, 1.807) is 21.1 Å². The first-order chi connectivity index (χ1) is 11.0. The molecule has 1 unspecified atom stereocenters. The molecular formula is C15H25N3O5S. The molecule has 0 aliphatic rings. The van der Waals surface area contributed by atoms with Crippen LogP contribution in [0.4, 0.5) is 0 Å². The zero-order valence-corrected chi connectivity index (χ0v) is 15.4. The molecule has 136 valence electrons. The molecule has 1 heterocycles. The Morgan fingerprint density at radius 1 is 1.33 bits per heavy atom. The molecule has 1 atom stereocenters. The Labute approximate surface area is 142 Å². The van der Waals surface area contributed by atoms with Crippen LogP contribution >= 0.6 is 0 Å². The van der Waals surface area contributed by atoms with Crippen LogP contribution in [0.3, 0.4) is 0 Å². The maximum atomic E-state index is 12.4. The van der Waals surface area contributed by atoms with Crippen molar-refractivity contribution < 1.29 is 23.1 Å². The van der Waals surface area contributed by atoms with Crippen LogP contribution in [0.2, 0.25) is 0 Å². The maximum absolute atomic E-state index is 12.4. The van der Waals surface area contributed by atoms with Gasteiger partial charge in [-0.2, -0.15) is 0 Å². The Morgan fingerprint density at radius 2 is 1.92 bits per heavy atom. The summed E-state index contributed by atoms with van der Waals surface area (Å²) < 4.78 is 28.5. The first-order valence-electron chi connectivity index (χ1n) is 7.56. The van der Waals surface area contributed by atoms with Gasteiger partial charge >= 0.3 is 5.97 Å². The number of hydrogen-bond donors (Lipinski definition) is 2. The number of hydrogen-bond acceptors (Lipinski definition) is 4. The van der Waals surface area contributed by atoms with Gasteiger partial charge in [0.1, 0.15) is 10.6 Å². The molecule has 0 bridgehead atoms. The number of carbonyl (C=O) groups is 2. The van der Waals surface area contributed by atoms with E-state index in [9.17, 15) is 23.1 Å². The number of amides is 1. The first-order valence-corrected chi connectivity index (χ1v) is 9.04. The van der Waals surface area contributed by atoms with Gasteiger partial charge in [0.05, 0.1) is 5.92 Å². The lowest BCUT2D eigenvalue weighted by Gasteiger charge is -2.15. The van der Waals surface area contributed by atoms with Crippen molar-refractivity contribution in [3.8, 4) is 0 Å². The molecule has 0 aromatic carbocycles. The van der Waals surface area contributed by atoms with E-state index >= 15 is 0 Å². The molecule has 0 saturated carbocycles. The lowest BCUT2D eigenvalue weighted by molar-refractivity contribution is -0.142. The number of carbonyl (C=O) groups excluding carboxylic acids is 1. The van der Waals surface area contributed by atoms with E-state index < -0.39 is 21.9 Å². The summed E-state index contributed by atoms with van der Waals surface area (Å²) in [4.78, 5) is 24.5. The zero-order valence-electron chi connectivity index (χ0n) is 14.6. The van der Waals surface area contributed by atoms with Gasteiger partial charge in [0.25, 0.3) is 5.91 Å². The summed E-state index contributed by atoms with van der Waals surface area (Å²) in [5.41, 5.74) is 0.234. The summed E-state index contributed by atoms with van der Waals surface area (Å²) in [6.45, 7) is 3.56. The highest BCUT2D eigenvalue weighted by molar-refractivity contribution is 7.89. The van der Waals surface area contributed by atoms with E-state index in [1.165, 1.54) is 21.7 Å². The predicted molar refractivity (Wildman–Crippen MR) is 89.2 cm³/mol. The molecule has 0 fully saturated rings. The fraction of sp³-hybridized carbons (Fsp3) is 0.600. The van der Waals surface area contributed by atoms with Gasteiger partial charge in [0.15, 0.2) is 0 Å². The molecule has 1 rings (SSSR count). The van der Waals surface area contributed by atoms with E-state index in [1.807, 2.05) is 13.8 Å². The Hall–Kier alpha value is -1.87. The molecule has 1 aromatic rings. The largest absolute Gasteiger partial charge is 0.481 e. The van der Waals surface area contributed by atoms with Crippen molar-refractivity contribution >= 4 is 21.9 Å². The molecule has 1 aromatic heterocycles. The quantitative estimate of drug-likeness (QED) is 0.712. The topological polar surface area (TPSA) is 109 Å². The molecule has 0 radical (unpaired) electrons.